The van der Waals surface area contributed by atoms with Crippen LogP contribution in [0.2, 0.25) is 0 Å². The monoisotopic (exact) mass is 332 g/mol. The standard InChI is InChI=1S/C19H28N2OS/c1-14(8-7-11-22)12-17(21-18(20)23-5)15-9-6-10-16(13-15)19(2,3)4/h6,9-10,12-13,22H,1,7-8,11H2,2-5H3,(H2,20,21)/b17-12-. The topological polar surface area (TPSA) is 58.6 Å². The molecule has 0 radical (unpaired) electrons. The van der Waals surface area contributed by atoms with E-state index in [9.17, 15) is 0 Å². The predicted molar refractivity (Wildman–Crippen MR) is 104 cm³/mol. The molecule has 0 atom stereocenters. The molecule has 0 aliphatic carbocycles. The Morgan fingerprint density at radius 2 is 2.09 bits per heavy atom. The minimum Gasteiger partial charge on any atom is -0.396 e. The maximum Gasteiger partial charge on any atom is 0.158 e. The Labute approximate surface area is 144 Å². The zero-order chi connectivity index (χ0) is 17.5. The van der Waals surface area contributed by atoms with Crippen molar-refractivity contribution in [3.8, 4) is 0 Å². The first-order valence-corrected chi connectivity index (χ1v) is 9.00. The maximum absolute atomic E-state index is 8.96. The normalized spacial score (nSPS) is 13.3. The third kappa shape index (κ3) is 6.63. The van der Waals surface area contributed by atoms with Crippen LogP contribution in [-0.4, -0.2) is 23.1 Å². The van der Waals surface area contributed by atoms with E-state index >= 15 is 0 Å². The van der Waals surface area contributed by atoms with Gasteiger partial charge in [0.1, 0.15) is 0 Å². The number of amidine groups is 1. The molecule has 0 aromatic heterocycles. The van der Waals surface area contributed by atoms with Crippen LogP contribution in [0.5, 0.6) is 0 Å². The zero-order valence-corrected chi connectivity index (χ0v) is 15.4. The van der Waals surface area contributed by atoms with Gasteiger partial charge in [-0.2, -0.15) is 0 Å². The summed E-state index contributed by atoms with van der Waals surface area (Å²) in [5, 5.41) is 9.48. The molecule has 3 nitrogen and oxygen atoms in total. The molecule has 4 heteroatoms. The van der Waals surface area contributed by atoms with Gasteiger partial charge in [0.15, 0.2) is 5.17 Å². The van der Waals surface area contributed by atoms with Crippen molar-refractivity contribution in [2.45, 2.75) is 39.0 Å². The molecule has 0 heterocycles. The minimum absolute atomic E-state index is 0.0732. The van der Waals surface area contributed by atoms with E-state index in [0.29, 0.717) is 11.6 Å². The highest BCUT2D eigenvalue weighted by Crippen LogP contribution is 2.27. The van der Waals surface area contributed by atoms with Gasteiger partial charge >= 0.3 is 0 Å². The second-order valence-corrected chi connectivity index (χ2v) is 7.33. The molecule has 0 unspecified atom stereocenters. The molecule has 0 spiro atoms. The average molecular weight is 333 g/mol. The lowest BCUT2D eigenvalue weighted by molar-refractivity contribution is 0.289. The summed E-state index contributed by atoms with van der Waals surface area (Å²) >= 11 is 1.42. The van der Waals surface area contributed by atoms with Crippen LogP contribution >= 0.6 is 11.8 Å². The molecule has 0 saturated carbocycles. The predicted octanol–water partition coefficient (Wildman–Crippen LogP) is 4.33. The number of nitrogens with zero attached hydrogens (tertiary/aromatic N) is 1. The number of hydrogen-bond acceptors (Lipinski definition) is 3. The summed E-state index contributed by atoms with van der Waals surface area (Å²) in [4.78, 5) is 4.53. The van der Waals surface area contributed by atoms with Gasteiger partial charge in [-0.3, -0.25) is 0 Å². The molecule has 0 aliphatic heterocycles. The highest BCUT2D eigenvalue weighted by atomic mass is 32.2. The summed E-state index contributed by atoms with van der Waals surface area (Å²) in [5.74, 6) is 0. The van der Waals surface area contributed by atoms with Gasteiger partial charge in [-0.05, 0) is 42.2 Å². The fraction of sp³-hybridized carbons (Fsp3) is 0.421. The van der Waals surface area contributed by atoms with E-state index in [0.717, 1.165) is 23.3 Å². The van der Waals surface area contributed by atoms with Crippen LogP contribution in [0, 0.1) is 0 Å². The summed E-state index contributed by atoms with van der Waals surface area (Å²) in [6.45, 7) is 10.8. The molecule has 126 valence electrons. The van der Waals surface area contributed by atoms with Crippen molar-refractivity contribution in [3.63, 3.8) is 0 Å². The van der Waals surface area contributed by atoms with Gasteiger partial charge in [-0.25, -0.2) is 4.99 Å². The van der Waals surface area contributed by atoms with Crippen LogP contribution in [0.4, 0.5) is 0 Å². The molecule has 1 aromatic rings. The van der Waals surface area contributed by atoms with Gasteiger partial charge in [0.2, 0.25) is 0 Å². The van der Waals surface area contributed by atoms with E-state index < -0.39 is 0 Å². The summed E-state index contributed by atoms with van der Waals surface area (Å²) < 4.78 is 0. The van der Waals surface area contributed by atoms with Gasteiger partial charge in [0.05, 0.1) is 5.70 Å². The molecule has 0 amide bonds. The molecule has 0 fully saturated rings. The fourth-order valence-corrected chi connectivity index (χ4v) is 2.25. The van der Waals surface area contributed by atoms with Crippen molar-refractivity contribution in [1.82, 2.24) is 0 Å². The number of nitrogens with two attached hydrogens (primary N) is 1. The SMILES string of the molecule is C=C(/C=C(\N=C(/N)SC)c1cccc(C(C)(C)C)c1)CCCO. The van der Waals surface area contributed by atoms with Crippen LogP contribution in [0.25, 0.3) is 5.70 Å². The molecule has 0 aliphatic rings. The van der Waals surface area contributed by atoms with E-state index in [2.05, 4.69) is 44.5 Å². The average Bonchev–Trinajstić information content (AvgIpc) is 2.51. The van der Waals surface area contributed by atoms with Crippen molar-refractivity contribution >= 4 is 22.6 Å². The maximum atomic E-state index is 8.96. The van der Waals surface area contributed by atoms with E-state index in [4.69, 9.17) is 10.8 Å². The smallest absolute Gasteiger partial charge is 0.158 e. The third-order valence-electron chi connectivity index (χ3n) is 3.46. The van der Waals surface area contributed by atoms with E-state index in [1.165, 1.54) is 17.3 Å². The van der Waals surface area contributed by atoms with Gasteiger partial charge in [0, 0.05) is 12.2 Å². The highest BCUT2D eigenvalue weighted by Gasteiger charge is 2.14. The largest absolute Gasteiger partial charge is 0.396 e. The third-order valence-corrected chi connectivity index (χ3v) is 3.97. The van der Waals surface area contributed by atoms with Gasteiger partial charge in [-0.1, -0.05) is 62.9 Å². The molecule has 23 heavy (non-hydrogen) atoms. The molecule has 1 aromatic carbocycles. The lowest BCUT2D eigenvalue weighted by Gasteiger charge is -2.20. The van der Waals surface area contributed by atoms with Crippen LogP contribution in [0.3, 0.4) is 0 Å². The molecular weight excluding hydrogens is 304 g/mol. The Morgan fingerprint density at radius 3 is 2.65 bits per heavy atom. The van der Waals surface area contributed by atoms with Crippen LogP contribution in [-0.2, 0) is 5.41 Å². The van der Waals surface area contributed by atoms with E-state index in [-0.39, 0.29) is 12.0 Å². The number of aliphatic imine (C=N–C) groups is 1. The molecule has 0 saturated heterocycles. The van der Waals surface area contributed by atoms with E-state index in [1.54, 1.807) is 0 Å². The first-order valence-electron chi connectivity index (χ1n) is 7.77. The first kappa shape index (κ1) is 19.5. The number of aliphatic hydroxyl groups is 1. The molecular formula is C19H28N2OS. The van der Waals surface area contributed by atoms with Crippen molar-refractivity contribution < 1.29 is 5.11 Å². The quantitative estimate of drug-likeness (QED) is 0.463. The minimum atomic E-state index is 0.0732. The Kier molecular flexibility index (Phi) is 7.59. The lowest BCUT2D eigenvalue weighted by atomic mass is 9.86. The summed E-state index contributed by atoms with van der Waals surface area (Å²) in [7, 11) is 0. The van der Waals surface area contributed by atoms with Gasteiger partial charge < -0.3 is 10.8 Å². The number of allylic oxidation sites excluding steroid dienone is 2. The van der Waals surface area contributed by atoms with Gasteiger partial charge in [-0.15, -0.1) is 0 Å². The summed E-state index contributed by atoms with van der Waals surface area (Å²) in [6, 6.07) is 8.37. The highest BCUT2D eigenvalue weighted by molar-refractivity contribution is 8.13. The number of rotatable bonds is 6. The van der Waals surface area contributed by atoms with Crippen molar-refractivity contribution in [2.75, 3.05) is 12.9 Å². The number of hydrogen-bond donors (Lipinski definition) is 2. The van der Waals surface area contributed by atoms with Crippen LogP contribution in [0.1, 0.15) is 44.7 Å². The zero-order valence-electron chi connectivity index (χ0n) is 14.6. The van der Waals surface area contributed by atoms with Crippen molar-refractivity contribution in [2.24, 2.45) is 10.7 Å². The summed E-state index contributed by atoms with van der Waals surface area (Å²) in [6.07, 6.45) is 5.31. The van der Waals surface area contributed by atoms with Crippen LogP contribution in [0.15, 0.2) is 47.5 Å². The number of thioether (sulfide) groups is 1. The lowest BCUT2D eigenvalue weighted by Crippen LogP contribution is -2.11. The Balaban J connectivity index is 3.25. The summed E-state index contributed by atoms with van der Waals surface area (Å²) in [5.41, 5.74) is 10.0. The van der Waals surface area contributed by atoms with Crippen LogP contribution < -0.4 is 5.73 Å². The number of aliphatic hydroxyl groups excluding tert-OH is 1. The van der Waals surface area contributed by atoms with Gasteiger partial charge in [0.25, 0.3) is 0 Å². The molecule has 3 N–H and O–H groups in total. The van der Waals surface area contributed by atoms with E-state index in [1.807, 2.05) is 24.5 Å². The van der Waals surface area contributed by atoms with Crippen molar-refractivity contribution in [3.05, 3.63) is 53.6 Å². The van der Waals surface area contributed by atoms with Crippen molar-refractivity contribution in [1.29, 1.82) is 0 Å². The second kappa shape index (κ2) is 8.94. The first-order chi connectivity index (χ1) is 10.8. The molecule has 1 rings (SSSR count). The fourth-order valence-electron chi connectivity index (χ4n) is 2.06. The Morgan fingerprint density at radius 1 is 1.39 bits per heavy atom. The number of benzene rings is 1. The molecule has 0 bridgehead atoms. The second-order valence-electron chi connectivity index (χ2n) is 6.50. The Bertz CT molecular complexity index is 598. The Hall–Kier alpha value is -1.52.